The summed E-state index contributed by atoms with van der Waals surface area (Å²) in [5.74, 6) is -0.174. The van der Waals surface area contributed by atoms with Gasteiger partial charge in [0.15, 0.2) is 0 Å². The number of carbonyl (C=O) groups is 1. The van der Waals surface area contributed by atoms with Gasteiger partial charge in [0, 0.05) is 17.6 Å². The molecule has 0 aromatic heterocycles. The van der Waals surface area contributed by atoms with Crippen molar-refractivity contribution in [2.75, 3.05) is 19.6 Å². The van der Waals surface area contributed by atoms with Crippen LogP contribution >= 0.6 is 0 Å². The Morgan fingerprint density at radius 2 is 1.72 bits per heavy atom. The van der Waals surface area contributed by atoms with Gasteiger partial charge in [0.05, 0.1) is 4.90 Å². The molecule has 140 valence electrons. The van der Waals surface area contributed by atoms with Crippen molar-refractivity contribution in [3.8, 4) is 0 Å². The van der Waals surface area contributed by atoms with E-state index in [0.717, 1.165) is 25.9 Å². The molecule has 3 N–H and O–H groups in total. The lowest BCUT2D eigenvalue weighted by Crippen LogP contribution is -2.42. The minimum atomic E-state index is -3.59. The molecule has 0 aliphatic carbocycles. The Hall–Kier alpha value is -1.44. The molecule has 1 heterocycles. The minimum absolute atomic E-state index is 0.112. The second kappa shape index (κ2) is 7.43. The van der Waals surface area contributed by atoms with E-state index in [0.29, 0.717) is 12.1 Å². The number of piperidine rings is 1. The van der Waals surface area contributed by atoms with Crippen LogP contribution in [0, 0.1) is 5.41 Å². The lowest BCUT2D eigenvalue weighted by molar-refractivity contribution is 0.0922. The first-order chi connectivity index (χ1) is 11.5. The monoisotopic (exact) mass is 367 g/mol. The molecule has 7 heteroatoms. The second-order valence-electron chi connectivity index (χ2n) is 8.12. The molecular formula is C18H29N3O3S. The van der Waals surface area contributed by atoms with E-state index in [9.17, 15) is 13.2 Å². The van der Waals surface area contributed by atoms with Crippen molar-refractivity contribution in [2.24, 2.45) is 5.41 Å². The third-order valence-electron chi connectivity index (χ3n) is 4.35. The number of benzene rings is 1. The number of hydrogen-bond donors (Lipinski definition) is 3. The highest BCUT2D eigenvalue weighted by Gasteiger charge is 2.27. The molecule has 1 aliphatic heterocycles. The highest BCUT2D eigenvalue weighted by molar-refractivity contribution is 7.89. The molecule has 0 atom stereocenters. The van der Waals surface area contributed by atoms with Crippen LogP contribution in [0.1, 0.15) is 50.9 Å². The summed E-state index contributed by atoms with van der Waals surface area (Å²) >= 11 is 0. The standard InChI is InChI=1S/C18H29N3O3S/c1-17(2,3)21-25(23,24)15-7-5-14(6-8-15)16(22)20-13-18(4)9-11-19-12-10-18/h5-8,19,21H,9-13H2,1-4H3,(H,20,22). The maximum Gasteiger partial charge on any atom is 0.251 e. The Morgan fingerprint density at radius 1 is 1.16 bits per heavy atom. The molecule has 0 saturated carbocycles. The zero-order valence-electron chi connectivity index (χ0n) is 15.5. The van der Waals surface area contributed by atoms with Gasteiger partial charge in [0.1, 0.15) is 0 Å². The molecule has 0 bridgehead atoms. The van der Waals surface area contributed by atoms with Crippen LogP contribution in [0.3, 0.4) is 0 Å². The molecule has 1 fully saturated rings. The fourth-order valence-electron chi connectivity index (χ4n) is 2.85. The number of nitrogens with one attached hydrogen (secondary N) is 3. The van der Waals surface area contributed by atoms with Crippen LogP contribution in [-0.4, -0.2) is 39.5 Å². The van der Waals surface area contributed by atoms with Crippen molar-refractivity contribution < 1.29 is 13.2 Å². The Bertz CT molecular complexity index is 700. The molecule has 0 spiro atoms. The summed E-state index contributed by atoms with van der Waals surface area (Å²) in [6.07, 6.45) is 2.06. The van der Waals surface area contributed by atoms with E-state index in [1.807, 2.05) is 0 Å². The Balaban J connectivity index is 2.00. The van der Waals surface area contributed by atoms with Crippen LogP contribution in [0.4, 0.5) is 0 Å². The van der Waals surface area contributed by atoms with Crippen LogP contribution < -0.4 is 15.4 Å². The third kappa shape index (κ3) is 5.80. The van der Waals surface area contributed by atoms with Gasteiger partial charge in [-0.25, -0.2) is 13.1 Å². The van der Waals surface area contributed by atoms with Gasteiger partial charge >= 0.3 is 0 Å². The summed E-state index contributed by atoms with van der Waals surface area (Å²) in [7, 11) is -3.59. The second-order valence-corrected chi connectivity index (χ2v) is 9.81. The summed E-state index contributed by atoms with van der Waals surface area (Å²) < 4.78 is 27.2. The van der Waals surface area contributed by atoms with E-state index in [2.05, 4.69) is 22.3 Å². The number of rotatable bonds is 5. The third-order valence-corrected chi connectivity index (χ3v) is 6.13. The quantitative estimate of drug-likeness (QED) is 0.742. The summed E-state index contributed by atoms with van der Waals surface area (Å²) in [5.41, 5.74) is 0.0206. The average molecular weight is 368 g/mol. The van der Waals surface area contributed by atoms with E-state index in [4.69, 9.17) is 0 Å². The van der Waals surface area contributed by atoms with Crippen molar-refractivity contribution >= 4 is 15.9 Å². The minimum Gasteiger partial charge on any atom is -0.351 e. The first-order valence-electron chi connectivity index (χ1n) is 8.64. The van der Waals surface area contributed by atoms with Gasteiger partial charge in [-0.15, -0.1) is 0 Å². The summed E-state index contributed by atoms with van der Waals surface area (Å²) in [5, 5.41) is 6.29. The van der Waals surface area contributed by atoms with Crippen LogP contribution in [0.25, 0.3) is 0 Å². The normalized spacial score (nSPS) is 17.9. The Labute approximate surface area is 150 Å². The fraction of sp³-hybridized carbons (Fsp3) is 0.611. The zero-order chi connectivity index (χ0) is 18.7. The van der Waals surface area contributed by atoms with Crippen LogP contribution in [0.15, 0.2) is 29.2 Å². The fourth-order valence-corrected chi connectivity index (χ4v) is 4.27. The molecule has 1 amide bonds. The van der Waals surface area contributed by atoms with Gasteiger partial charge in [0.2, 0.25) is 10.0 Å². The molecule has 6 nitrogen and oxygen atoms in total. The lowest BCUT2D eigenvalue weighted by atomic mass is 9.81. The van der Waals surface area contributed by atoms with Gasteiger partial charge in [-0.2, -0.15) is 0 Å². The van der Waals surface area contributed by atoms with Gasteiger partial charge in [0.25, 0.3) is 5.91 Å². The maximum atomic E-state index is 12.3. The molecule has 1 saturated heterocycles. The summed E-state index contributed by atoms with van der Waals surface area (Å²) in [4.78, 5) is 12.5. The predicted octanol–water partition coefficient (Wildman–Crippen LogP) is 1.88. The molecule has 1 aromatic rings. The first-order valence-corrected chi connectivity index (χ1v) is 10.1. The van der Waals surface area contributed by atoms with Gasteiger partial charge in [-0.05, 0) is 76.4 Å². The molecule has 0 unspecified atom stereocenters. The topological polar surface area (TPSA) is 87.3 Å². The molecule has 0 radical (unpaired) electrons. The average Bonchev–Trinajstić information content (AvgIpc) is 2.51. The SMILES string of the molecule is CC1(CNC(=O)c2ccc(S(=O)(=O)NC(C)(C)C)cc2)CCNCC1. The van der Waals surface area contributed by atoms with Gasteiger partial charge in [-0.1, -0.05) is 6.92 Å². The Morgan fingerprint density at radius 3 is 2.24 bits per heavy atom. The summed E-state index contributed by atoms with van der Waals surface area (Å²) in [6, 6.07) is 6.04. The summed E-state index contributed by atoms with van der Waals surface area (Å²) in [6.45, 7) is 10.1. The van der Waals surface area contributed by atoms with E-state index in [-0.39, 0.29) is 16.2 Å². The Kier molecular flexibility index (Phi) is 5.91. The van der Waals surface area contributed by atoms with Crippen molar-refractivity contribution in [2.45, 2.75) is 51.0 Å². The van der Waals surface area contributed by atoms with Gasteiger partial charge in [-0.3, -0.25) is 4.79 Å². The highest BCUT2D eigenvalue weighted by atomic mass is 32.2. The molecular weight excluding hydrogens is 338 g/mol. The predicted molar refractivity (Wildman–Crippen MR) is 99.1 cm³/mol. The number of carbonyl (C=O) groups excluding carboxylic acids is 1. The van der Waals surface area contributed by atoms with Crippen molar-refractivity contribution in [3.63, 3.8) is 0 Å². The van der Waals surface area contributed by atoms with Crippen LogP contribution in [0.2, 0.25) is 0 Å². The zero-order valence-corrected chi connectivity index (χ0v) is 16.3. The molecule has 25 heavy (non-hydrogen) atoms. The first kappa shape index (κ1) is 19.9. The number of hydrogen-bond acceptors (Lipinski definition) is 4. The van der Waals surface area contributed by atoms with E-state index >= 15 is 0 Å². The van der Waals surface area contributed by atoms with E-state index < -0.39 is 15.6 Å². The van der Waals surface area contributed by atoms with E-state index in [1.54, 1.807) is 32.9 Å². The van der Waals surface area contributed by atoms with Crippen molar-refractivity contribution in [3.05, 3.63) is 29.8 Å². The van der Waals surface area contributed by atoms with Crippen molar-refractivity contribution in [1.29, 1.82) is 0 Å². The van der Waals surface area contributed by atoms with Crippen molar-refractivity contribution in [1.82, 2.24) is 15.4 Å². The number of sulfonamides is 1. The van der Waals surface area contributed by atoms with Crippen LogP contribution in [0.5, 0.6) is 0 Å². The molecule has 1 aromatic carbocycles. The van der Waals surface area contributed by atoms with E-state index in [1.165, 1.54) is 12.1 Å². The molecule has 1 aliphatic rings. The van der Waals surface area contributed by atoms with Crippen LogP contribution in [-0.2, 0) is 10.0 Å². The maximum absolute atomic E-state index is 12.3. The lowest BCUT2D eigenvalue weighted by Gasteiger charge is -2.34. The molecule has 2 rings (SSSR count). The highest BCUT2D eigenvalue weighted by Crippen LogP contribution is 2.26. The smallest absolute Gasteiger partial charge is 0.251 e. The van der Waals surface area contributed by atoms with Gasteiger partial charge < -0.3 is 10.6 Å². The largest absolute Gasteiger partial charge is 0.351 e. The number of amides is 1.